The average molecular weight is 367 g/mol. The molecule has 1 aromatic heterocycles. The van der Waals surface area contributed by atoms with Gasteiger partial charge in [0, 0.05) is 11.9 Å². The molecule has 0 bridgehead atoms. The Labute approximate surface area is 151 Å². The first-order valence-electron chi connectivity index (χ1n) is 8.57. The molecule has 1 N–H and O–H groups in total. The van der Waals surface area contributed by atoms with Crippen LogP contribution in [0.5, 0.6) is 5.88 Å². The molecule has 0 aliphatic carbocycles. The van der Waals surface area contributed by atoms with Crippen molar-refractivity contribution in [3.05, 3.63) is 41.6 Å². The lowest BCUT2D eigenvalue weighted by Gasteiger charge is -2.23. The van der Waals surface area contributed by atoms with Crippen LogP contribution in [-0.2, 0) is 12.6 Å². The quantitative estimate of drug-likeness (QED) is 0.705. The zero-order valence-corrected chi connectivity index (χ0v) is 15.4. The van der Waals surface area contributed by atoms with Crippen LogP contribution >= 0.6 is 0 Å². The lowest BCUT2D eigenvalue weighted by atomic mass is 10.1. The summed E-state index contributed by atoms with van der Waals surface area (Å²) >= 11 is 0. The maximum absolute atomic E-state index is 13.1. The summed E-state index contributed by atoms with van der Waals surface area (Å²) < 4.78 is 44.8. The Balaban J connectivity index is 2.23. The van der Waals surface area contributed by atoms with Gasteiger partial charge in [-0.05, 0) is 51.3 Å². The summed E-state index contributed by atoms with van der Waals surface area (Å²) in [6.07, 6.45) is -0.610. The van der Waals surface area contributed by atoms with E-state index >= 15 is 0 Å². The summed E-state index contributed by atoms with van der Waals surface area (Å²) in [5.41, 5.74) is 0.106. The third kappa shape index (κ3) is 5.89. The minimum atomic E-state index is -4.58. The van der Waals surface area contributed by atoms with E-state index in [1.165, 1.54) is 5.56 Å². The molecule has 4 nitrogen and oxygen atoms in total. The molecule has 0 saturated heterocycles. The van der Waals surface area contributed by atoms with Crippen molar-refractivity contribution in [3.63, 3.8) is 0 Å². The maximum atomic E-state index is 13.1. The number of unbranched alkanes of at least 4 members (excludes halogenated alkanes) is 1. The van der Waals surface area contributed by atoms with E-state index in [0.717, 1.165) is 25.5 Å². The molecule has 0 aliphatic heterocycles. The van der Waals surface area contributed by atoms with Crippen LogP contribution in [0.2, 0.25) is 0 Å². The van der Waals surface area contributed by atoms with Gasteiger partial charge in [-0.3, -0.25) is 0 Å². The number of anilines is 2. The van der Waals surface area contributed by atoms with Gasteiger partial charge in [-0.2, -0.15) is 18.2 Å². The molecule has 2 rings (SSSR count). The zero-order valence-electron chi connectivity index (χ0n) is 15.4. The Hall–Kier alpha value is -2.31. The Bertz CT molecular complexity index is 722. The first-order chi connectivity index (χ1) is 12.1. The molecule has 0 aliphatic rings. The normalized spacial score (nSPS) is 12.1. The smallest absolute Gasteiger partial charge is 0.423 e. The number of benzene rings is 1. The number of aryl methyl sites for hydroxylation is 1. The van der Waals surface area contributed by atoms with Crippen LogP contribution in [0.3, 0.4) is 0 Å². The molecule has 0 radical (unpaired) electrons. The molecule has 142 valence electrons. The van der Waals surface area contributed by atoms with Gasteiger partial charge in [0.1, 0.15) is 11.2 Å². The van der Waals surface area contributed by atoms with E-state index in [1.807, 2.05) is 24.3 Å². The topological polar surface area (TPSA) is 47.0 Å². The lowest BCUT2D eigenvalue weighted by molar-refractivity contribution is -0.140. The van der Waals surface area contributed by atoms with Crippen molar-refractivity contribution in [3.8, 4) is 5.88 Å². The Kier molecular flexibility index (Phi) is 6.10. The SMILES string of the molecule is CCCCc1ccc(Nc2ncc(C(F)(F)F)c(OC(C)(C)C)n2)cc1. The number of hydrogen-bond acceptors (Lipinski definition) is 4. The molecule has 0 fully saturated rings. The van der Waals surface area contributed by atoms with Gasteiger partial charge in [0.2, 0.25) is 11.8 Å². The molecule has 0 saturated carbocycles. The fourth-order valence-corrected chi connectivity index (χ4v) is 2.25. The molecule has 26 heavy (non-hydrogen) atoms. The molecule has 0 atom stereocenters. The molecular weight excluding hydrogens is 343 g/mol. The van der Waals surface area contributed by atoms with E-state index in [9.17, 15) is 13.2 Å². The van der Waals surface area contributed by atoms with Crippen molar-refractivity contribution in [2.75, 3.05) is 5.32 Å². The number of aromatic nitrogens is 2. The fraction of sp³-hybridized carbons (Fsp3) is 0.474. The third-order valence-electron chi connectivity index (χ3n) is 3.49. The van der Waals surface area contributed by atoms with Crippen LogP contribution < -0.4 is 10.1 Å². The largest absolute Gasteiger partial charge is 0.471 e. The molecule has 0 spiro atoms. The second kappa shape index (κ2) is 7.93. The highest BCUT2D eigenvalue weighted by Crippen LogP contribution is 2.36. The summed E-state index contributed by atoms with van der Waals surface area (Å²) in [6, 6.07) is 7.68. The third-order valence-corrected chi connectivity index (χ3v) is 3.49. The van der Waals surface area contributed by atoms with Gasteiger partial charge in [-0.1, -0.05) is 25.5 Å². The minimum absolute atomic E-state index is 0.0542. The highest BCUT2D eigenvalue weighted by molar-refractivity contribution is 5.54. The Morgan fingerprint density at radius 3 is 2.27 bits per heavy atom. The van der Waals surface area contributed by atoms with Crippen molar-refractivity contribution in [2.24, 2.45) is 0 Å². The van der Waals surface area contributed by atoms with E-state index in [0.29, 0.717) is 5.69 Å². The summed E-state index contributed by atoms with van der Waals surface area (Å²) in [7, 11) is 0. The summed E-state index contributed by atoms with van der Waals surface area (Å²) in [5, 5.41) is 2.92. The van der Waals surface area contributed by atoms with Crippen LogP contribution in [0, 0.1) is 0 Å². The predicted octanol–water partition coefficient (Wildman–Crippen LogP) is 5.76. The van der Waals surface area contributed by atoms with Gasteiger partial charge in [-0.15, -0.1) is 0 Å². The standard InChI is InChI=1S/C19H24F3N3O/c1-5-6-7-13-8-10-14(11-9-13)24-17-23-12-15(19(20,21)22)16(25-17)26-18(2,3)4/h8-12H,5-7H2,1-4H3,(H,23,24,25). The van der Waals surface area contributed by atoms with Gasteiger partial charge in [-0.25, -0.2) is 4.98 Å². The zero-order chi connectivity index (χ0) is 19.4. The van der Waals surface area contributed by atoms with Crippen molar-refractivity contribution in [1.29, 1.82) is 0 Å². The molecule has 1 heterocycles. The number of nitrogens with zero attached hydrogens (tertiary/aromatic N) is 2. The highest BCUT2D eigenvalue weighted by atomic mass is 19.4. The first kappa shape index (κ1) is 20.0. The molecular formula is C19H24F3N3O. The molecule has 7 heteroatoms. The van der Waals surface area contributed by atoms with E-state index in [4.69, 9.17) is 4.74 Å². The minimum Gasteiger partial charge on any atom is -0.471 e. The monoisotopic (exact) mass is 367 g/mol. The molecule has 0 amide bonds. The van der Waals surface area contributed by atoms with Gasteiger partial charge in [0.15, 0.2) is 0 Å². The molecule has 0 unspecified atom stereocenters. The summed E-state index contributed by atoms with van der Waals surface area (Å²) in [6.45, 7) is 7.13. The van der Waals surface area contributed by atoms with E-state index in [1.54, 1.807) is 20.8 Å². The predicted molar refractivity (Wildman–Crippen MR) is 95.8 cm³/mol. The summed E-state index contributed by atoms with van der Waals surface area (Å²) in [4.78, 5) is 7.71. The number of nitrogens with one attached hydrogen (secondary N) is 1. The van der Waals surface area contributed by atoms with Gasteiger partial charge >= 0.3 is 6.18 Å². The number of ether oxygens (including phenoxy) is 1. The van der Waals surface area contributed by atoms with E-state index in [2.05, 4.69) is 22.2 Å². The second-order valence-corrected chi connectivity index (χ2v) is 7.05. The van der Waals surface area contributed by atoms with Crippen LogP contribution in [-0.4, -0.2) is 15.6 Å². The van der Waals surface area contributed by atoms with Crippen LogP contribution in [0.15, 0.2) is 30.5 Å². The second-order valence-electron chi connectivity index (χ2n) is 7.05. The van der Waals surface area contributed by atoms with Crippen LogP contribution in [0.4, 0.5) is 24.8 Å². The highest BCUT2D eigenvalue weighted by Gasteiger charge is 2.37. The average Bonchev–Trinajstić information content (AvgIpc) is 2.52. The van der Waals surface area contributed by atoms with Crippen molar-refractivity contribution < 1.29 is 17.9 Å². The summed E-state index contributed by atoms with van der Waals surface area (Å²) in [5.74, 6) is -0.430. The van der Waals surface area contributed by atoms with Crippen LogP contribution in [0.25, 0.3) is 0 Å². The maximum Gasteiger partial charge on any atom is 0.423 e. The first-order valence-corrected chi connectivity index (χ1v) is 8.57. The van der Waals surface area contributed by atoms with E-state index < -0.39 is 23.2 Å². The Morgan fingerprint density at radius 2 is 1.73 bits per heavy atom. The van der Waals surface area contributed by atoms with Crippen molar-refractivity contribution in [1.82, 2.24) is 9.97 Å². The fourth-order valence-electron chi connectivity index (χ4n) is 2.25. The number of rotatable bonds is 6. The van der Waals surface area contributed by atoms with Crippen molar-refractivity contribution in [2.45, 2.75) is 58.7 Å². The van der Waals surface area contributed by atoms with Gasteiger partial charge in [0.25, 0.3) is 0 Å². The number of hydrogen-bond donors (Lipinski definition) is 1. The number of alkyl halides is 3. The van der Waals surface area contributed by atoms with Gasteiger partial charge in [0.05, 0.1) is 0 Å². The van der Waals surface area contributed by atoms with Crippen molar-refractivity contribution >= 4 is 11.6 Å². The van der Waals surface area contributed by atoms with Crippen LogP contribution in [0.1, 0.15) is 51.7 Å². The lowest BCUT2D eigenvalue weighted by Crippen LogP contribution is -2.26. The molecule has 1 aromatic carbocycles. The number of halogens is 3. The van der Waals surface area contributed by atoms with Gasteiger partial charge < -0.3 is 10.1 Å². The molecule has 2 aromatic rings. The Morgan fingerprint density at radius 1 is 1.08 bits per heavy atom. The van der Waals surface area contributed by atoms with E-state index in [-0.39, 0.29) is 5.95 Å².